The predicted octanol–water partition coefficient (Wildman–Crippen LogP) is -1.78. The lowest BCUT2D eigenvalue weighted by molar-refractivity contribution is -0.145. The van der Waals surface area contributed by atoms with Crippen LogP contribution in [0.2, 0.25) is 0 Å². The Morgan fingerprint density at radius 2 is 1.51 bits per heavy atom. The van der Waals surface area contributed by atoms with Gasteiger partial charge in [0.05, 0.1) is 6.04 Å². The van der Waals surface area contributed by atoms with Gasteiger partial charge in [0.2, 0.25) is 17.7 Å². The van der Waals surface area contributed by atoms with E-state index >= 15 is 0 Å². The number of nitrogens with zero attached hydrogens (tertiary/aromatic N) is 1. The Hall–Kier alpha value is -3.26. The van der Waals surface area contributed by atoms with Gasteiger partial charge in [-0.1, -0.05) is 0 Å². The Morgan fingerprint density at radius 3 is 2.09 bits per heavy atom. The molecule has 14 heteroatoms. The minimum atomic E-state index is -1.30. The summed E-state index contributed by atoms with van der Waals surface area (Å²) in [7, 11) is 0. The first kappa shape index (κ1) is 29.8. The molecule has 35 heavy (non-hydrogen) atoms. The normalized spacial score (nSPS) is 17.8. The number of unbranched alkanes of at least 4 members (excludes halogenated alkanes) is 1. The van der Waals surface area contributed by atoms with Crippen LogP contribution in [0.4, 0.5) is 0 Å². The molecule has 4 atom stereocenters. The third-order valence-corrected chi connectivity index (χ3v) is 5.67. The number of hydrogen-bond donors (Lipinski definition) is 7. The van der Waals surface area contributed by atoms with Gasteiger partial charge in [0.1, 0.15) is 18.1 Å². The van der Waals surface area contributed by atoms with Crippen molar-refractivity contribution in [2.24, 2.45) is 11.5 Å². The molecule has 14 nitrogen and oxygen atoms in total. The van der Waals surface area contributed by atoms with Gasteiger partial charge in [0.15, 0.2) is 0 Å². The zero-order chi connectivity index (χ0) is 26.5. The lowest BCUT2D eigenvalue weighted by Gasteiger charge is -2.30. The average molecular weight is 502 g/mol. The Morgan fingerprint density at radius 1 is 0.886 bits per heavy atom. The van der Waals surface area contributed by atoms with Crippen LogP contribution in [-0.2, 0) is 28.8 Å². The molecule has 0 aliphatic carbocycles. The van der Waals surface area contributed by atoms with Crippen molar-refractivity contribution in [2.75, 3.05) is 13.1 Å². The lowest BCUT2D eigenvalue weighted by Crippen LogP contribution is -2.56. The van der Waals surface area contributed by atoms with Crippen LogP contribution in [-0.4, -0.2) is 93.1 Å². The molecule has 198 valence electrons. The zero-order valence-corrected chi connectivity index (χ0v) is 19.5. The van der Waals surface area contributed by atoms with E-state index in [2.05, 4.69) is 10.6 Å². The first-order chi connectivity index (χ1) is 16.5. The highest BCUT2D eigenvalue weighted by Crippen LogP contribution is 2.20. The lowest BCUT2D eigenvalue weighted by atomic mass is 10.1. The number of carboxylic acids is 3. The Balaban J connectivity index is 2.92. The molecule has 3 amide bonds. The number of aliphatic carboxylic acids is 3. The molecule has 0 aromatic carbocycles. The minimum Gasteiger partial charge on any atom is -0.481 e. The van der Waals surface area contributed by atoms with Gasteiger partial charge < -0.3 is 42.3 Å². The van der Waals surface area contributed by atoms with Gasteiger partial charge in [0, 0.05) is 19.4 Å². The first-order valence-electron chi connectivity index (χ1n) is 11.5. The summed E-state index contributed by atoms with van der Waals surface area (Å²) in [5.41, 5.74) is 11.1. The van der Waals surface area contributed by atoms with Crippen molar-refractivity contribution in [3.63, 3.8) is 0 Å². The van der Waals surface area contributed by atoms with Crippen LogP contribution >= 0.6 is 0 Å². The van der Waals surface area contributed by atoms with Crippen LogP contribution in [0.1, 0.15) is 57.8 Å². The monoisotopic (exact) mass is 501 g/mol. The summed E-state index contributed by atoms with van der Waals surface area (Å²) < 4.78 is 0. The third kappa shape index (κ3) is 10.3. The fourth-order valence-corrected chi connectivity index (χ4v) is 3.74. The fourth-order valence-electron chi connectivity index (χ4n) is 3.74. The van der Waals surface area contributed by atoms with Gasteiger partial charge in [-0.15, -0.1) is 0 Å². The highest BCUT2D eigenvalue weighted by atomic mass is 16.4. The molecule has 0 aromatic heterocycles. The van der Waals surface area contributed by atoms with Crippen molar-refractivity contribution in [2.45, 2.75) is 82.0 Å². The van der Waals surface area contributed by atoms with Crippen LogP contribution in [0.15, 0.2) is 0 Å². The second-order valence-corrected chi connectivity index (χ2v) is 8.41. The smallest absolute Gasteiger partial charge is 0.326 e. The maximum atomic E-state index is 13.2. The number of carbonyl (C=O) groups is 6. The Bertz CT molecular complexity index is 791. The molecule has 1 fully saturated rings. The van der Waals surface area contributed by atoms with Crippen LogP contribution in [0, 0.1) is 0 Å². The second-order valence-electron chi connectivity index (χ2n) is 8.41. The van der Waals surface area contributed by atoms with Gasteiger partial charge in [-0.2, -0.15) is 0 Å². The van der Waals surface area contributed by atoms with Gasteiger partial charge in [-0.3, -0.25) is 24.0 Å². The highest BCUT2D eigenvalue weighted by molar-refractivity contribution is 5.94. The number of nitrogens with two attached hydrogens (primary N) is 2. The summed E-state index contributed by atoms with van der Waals surface area (Å²) in [5, 5.41) is 32.0. The Kier molecular flexibility index (Phi) is 12.7. The first-order valence-corrected chi connectivity index (χ1v) is 11.5. The van der Waals surface area contributed by atoms with E-state index < -0.39 is 66.2 Å². The molecular weight excluding hydrogens is 466 g/mol. The number of carboxylic acid groups (broad SMARTS) is 3. The summed E-state index contributed by atoms with van der Waals surface area (Å²) in [6.07, 6.45) is 0.700. The third-order valence-electron chi connectivity index (χ3n) is 5.67. The van der Waals surface area contributed by atoms with E-state index in [-0.39, 0.29) is 38.6 Å². The molecular formula is C21H35N5O9. The predicted molar refractivity (Wildman–Crippen MR) is 121 cm³/mol. The molecule has 1 aliphatic rings. The standard InChI is InChI=1S/C21H35N5O9/c22-10-2-1-4-14(21(34)35)25-19(32)15-5-3-11-26(15)20(33)13(7-9-17(29)30)24-18(31)12(23)6-8-16(27)28/h12-15H,1-11,22-23H2,(H,24,31)(H,25,32)(H,27,28)(H,29,30)(H,34,35). The number of likely N-dealkylation sites (tertiary alicyclic amines) is 1. The van der Waals surface area contributed by atoms with Crippen LogP contribution < -0.4 is 22.1 Å². The van der Waals surface area contributed by atoms with E-state index in [0.717, 1.165) is 0 Å². The van der Waals surface area contributed by atoms with Crippen molar-refractivity contribution in [1.82, 2.24) is 15.5 Å². The van der Waals surface area contributed by atoms with Gasteiger partial charge >= 0.3 is 17.9 Å². The van der Waals surface area contributed by atoms with Crippen molar-refractivity contribution < 1.29 is 44.1 Å². The summed E-state index contributed by atoms with van der Waals surface area (Å²) >= 11 is 0. The number of nitrogens with one attached hydrogen (secondary N) is 2. The Labute approximate surface area is 202 Å². The van der Waals surface area contributed by atoms with Crippen molar-refractivity contribution in [3.05, 3.63) is 0 Å². The van der Waals surface area contributed by atoms with Crippen molar-refractivity contribution >= 4 is 35.6 Å². The fraction of sp³-hybridized carbons (Fsp3) is 0.714. The van der Waals surface area contributed by atoms with Gasteiger partial charge in [-0.05, 0) is 51.5 Å². The molecule has 0 radical (unpaired) electrons. The SMILES string of the molecule is NCCCCC(NC(=O)C1CCCN1C(=O)C(CCC(=O)O)NC(=O)C(N)CCC(=O)O)C(=O)O. The van der Waals surface area contributed by atoms with E-state index in [4.69, 9.17) is 21.7 Å². The molecule has 1 aliphatic heterocycles. The van der Waals surface area contributed by atoms with E-state index in [1.165, 1.54) is 4.90 Å². The number of rotatable bonds is 16. The summed E-state index contributed by atoms with van der Waals surface area (Å²) in [5.74, 6) is -5.74. The van der Waals surface area contributed by atoms with Crippen LogP contribution in [0.25, 0.3) is 0 Å². The van der Waals surface area contributed by atoms with E-state index in [0.29, 0.717) is 25.8 Å². The summed E-state index contributed by atoms with van der Waals surface area (Å²) in [4.78, 5) is 72.9. The van der Waals surface area contributed by atoms with E-state index in [1.807, 2.05) is 0 Å². The maximum Gasteiger partial charge on any atom is 0.326 e. The molecule has 1 heterocycles. The number of amides is 3. The topological polar surface area (TPSA) is 242 Å². The molecule has 0 spiro atoms. The minimum absolute atomic E-state index is 0.159. The second kappa shape index (κ2) is 14.9. The number of hydrogen-bond acceptors (Lipinski definition) is 8. The van der Waals surface area contributed by atoms with Gasteiger partial charge in [0.25, 0.3) is 0 Å². The summed E-state index contributed by atoms with van der Waals surface area (Å²) in [6, 6.07) is -4.67. The van der Waals surface area contributed by atoms with Crippen molar-refractivity contribution in [3.8, 4) is 0 Å². The van der Waals surface area contributed by atoms with Crippen LogP contribution in [0.5, 0.6) is 0 Å². The largest absolute Gasteiger partial charge is 0.481 e. The van der Waals surface area contributed by atoms with Crippen LogP contribution in [0.3, 0.4) is 0 Å². The average Bonchev–Trinajstić information content (AvgIpc) is 3.28. The van der Waals surface area contributed by atoms with E-state index in [1.54, 1.807) is 0 Å². The highest BCUT2D eigenvalue weighted by Gasteiger charge is 2.39. The molecule has 9 N–H and O–H groups in total. The maximum absolute atomic E-state index is 13.2. The molecule has 1 rings (SSSR count). The molecule has 1 saturated heterocycles. The molecule has 0 aromatic rings. The molecule has 0 bridgehead atoms. The molecule has 0 saturated carbocycles. The van der Waals surface area contributed by atoms with Crippen molar-refractivity contribution in [1.29, 1.82) is 0 Å². The number of carbonyl (C=O) groups excluding carboxylic acids is 3. The van der Waals surface area contributed by atoms with E-state index in [9.17, 15) is 33.9 Å². The zero-order valence-electron chi connectivity index (χ0n) is 19.5. The summed E-state index contributed by atoms with van der Waals surface area (Å²) in [6.45, 7) is 0.543. The molecule has 4 unspecified atom stereocenters. The van der Waals surface area contributed by atoms with Gasteiger partial charge in [-0.25, -0.2) is 4.79 Å². The quantitative estimate of drug-likeness (QED) is 0.116.